The third kappa shape index (κ3) is 16.3. The van der Waals surface area contributed by atoms with E-state index in [0.717, 1.165) is 43.9 Å². The average molecular weight is 354 g/mol. The molecule has 6 nitrogen and oxygen atoms in total. The minimum atomic E-state index is -1.11. The summed E-state index contributed by atoms with van der Waals surface area (Å²) in [6.45, 7) is 13.4. The van der Waals surface area contributed by atoms with Crippen molar-refractivity contribution in [1.29, 1.82) is 0 Å². The van der Waals surface area contributed by atoms with Crippen LogP contribution in [0, 0.1) is 5.92 Å². The number of aliphatic carboxylic acids is 1. The number of rotatable bonds is 11. The second kappa shape index (κ2) is 16.5. The van der Waals surface area contributed by atoms with Gasteiger partial charge in [-0.1, -0.05) is 46.3 Å². The van der Waals surface area contributed by atoms with Crippen LogP contribution in [0.3, 0.4) is 0 Å². The maximum absolute atomic E-state index is 11.5. The van der Waals surface area contributed by atoms with Crippen molar-refractivity contribution in [2.75, 3.05) is 13.2 Å². The normalized spacial score (nSPS) is 11.0. The minimum absolute atomic E-state index is 0.0581. The maximum atomic E-state index is 11.5. The van der Waals surface area contributed by atoms with E-state index in [9.17, 15) is 14.4 Å². The highest BCUT2D eigenvalue weighted by Gasteiger charge is 2.11. The lowest BCUT2D eigenvalue weighted by Crippen LogP contribution is -2.14. The van der Waals surface area contributed by atoms with Crippen LogP contribution in [0.5, 0.6) is 0 Å². The molecule has 0 fully saturated rings. The zero-order chi connectivity index (χ0) is 19.7. The van der Waals surface area contributed by atoms with Crippen molar-refractivity contribution in [1.82, 2.24) is 0 Å². The number of hydrogen-bond donors (Lipinski definition) is 1. The molecule has 0 spiro atoms. The summed E-state index contributed by atoms with van der Waals surface area (Å²) in [5.74, 6) is -1.66. The lowest BCUT2D eigenvalue weighted by Gasteiger charge is -2.14. The Labute approximate surface area is 150 Å². The van der Waals surface area contributed by atoms with E-state index in [1.54, 1.807) is 6.92 Å². The van der Waals surface area contributed by atoms with Crippen LogP contribution in [-0.2, 0) is 23.9 Å². The lowest BCUT2D eigenvalue weighted by molar-refractivity contribution is -0.140. The van der Waals surface area contributed by atoms with Gasteiger partial charge in [-0.2, -0.15) is 0 Å². The topological polar surface area (TPSA) is 89.9 Å². The molecule has 1 unspecified atom stereocenters. The SMILES string of the molecule is C=C(C=CC(=O)O)C(=O)OCC(CC)CCCC.C=CC(=O)OCC. The summed E-state index contributed by atoms with van der Waals surface area (Å²) in [6.07, 6.45) is 7.41. The molecule has 0 heterocycles. The third-order valence-corrected chi connectivity index (χ3v) is 3.14. The highest BCUT2D eigenvalue weighted by Crippen LogP contribution is 2.13. The second-order valence-electron chi connectivity index (χ2n) is 5.17. The molecule has 0 radical (unpaired) electrons. The van der Waals surface area contributed by atoms with Crippen LogP contribution in [-0.4, -0.2) is 36.2 Å². The summed E-state index contributed by atoms with van der Waals surface area (Å²) < 4.78 is 9.54. The summed E-state index contributed by atoms with van der Waals surface area (Å²) in [6, 6.07) is 0. The molecule has 0 aliphatic rings. The van der Waals surface area contributed by atoms with Gasteiger partial charge in [-0.25, -0.2) is 14.4 Å². The molecule has 0 bridgehead atoms. The number of carbonyl (C=O) groups excluding carboxylic acids is 2. The summed E-state index contributed by atoms with van der Waals surface area (Å²) in [7, 11) is 0. The van der Waals surface area contributed by atoms with Crippen LogP contribution >= 0.6 is 0 Å². The van der Waals surface area contributed by atoms with Crippen molar-refractivity contribution in [3.8, 4) is 0 Å². The molecular weight excluding hydrogens is 324 g/mol. The van der Waals surface area contributed by atoms with Gasteiger partial charge in [0.2, 0.25) is 0 Å². The number of unbranched alkanes of at least 4 members (excludes halogenated alkanes) is 1. The van der Waals surface area contributed by atoms with E-state index in [1.165, 1.54) is 0 Å². The van der Waals surface area contributed by atoms with Gasteiger partial charge in [-0.3, -0.25) is 0 Å². The predicted octanol–water partition coefficient (Wildman–Crippen LogP) is 3.68. The van der Waals surface area contributed by atoms with Crippen molar-refractivity contribution in [2.24, 2.45) is 5.92 Å². The smallest absolute Gasteiger partial charge is 0.337 e. The molecule has 0 saturated heterocycles. The van der Waals surface area contributed by atoms with Gasteiger partial charge in [0.25, 0.3) is 0 Å². The first-order valence-corrected chi connectivity index (χ1v) is 8.38. The first kappa shape index (κ1) is 24.9. The molecule has 0 aromatic heterocycles. The van der Waals surface area contributed by atoms with E-state index in [1.807, 2.05) is 0 Å². The highest BCUT2D eigenvalue weighted by molar-refractivity contribution is 5.93. The Morgan fingerprint density at radius 3 is 2.16 bits per heavy atom. The Balaban J connectivity index is 0. The Bertz CT molecular complexity index is 465. The third-order valence-electron chi connectivity index (χ3n) is 3.14. The van der Waals surface area contributed by atoms with E-state index >= 15 is 0 Å². The van der Waals surface area contributed by atoms with Crippen molar-refractivity contribution < 1.29 is 29.0 Å². The number of hydrogen-bond acceptors (Lipinski definition) is 5. The molecule has 142 valence electrons. The van der Waals surface area contributed by atoms with E-state index in [0.29, 0.717) is 19.1 Å². The zero-order valence-electron chi connectivity index (χ0n) is 15.5. The number of esters is 2. The average Bonchev–Trinajstić information content (AvgIpc) is 2.60. The van der Waals surface area contributed by atoms with Crippen molar-refractivity contribution in [2.45, 2.75) is 46.5 Å². The van der Waals surface area contributed by atoms with E-state index in [4.69, 9.17) is 9.84 Å². The van der Waals surface area contributed by atoms with Gasteiger partial charge in [0, 0.05) is 12.2 Å². The molecule has 25 heavy (non-hydrogen) atoms. The van der Waals surface area contributed by atoms with Crippen LogP contribution in [0.25, 0.3) is 0 Å². The maximum Gasteiger partial charge on any atom is 0.337 e. The van der Waals surface area contributed by atoms with Gasteiger partial charge in [-0.05, 0) is 25.3 Å². The molecular formula is C19H30O6. The van der Waals surface area contributed by atoms with E-state index < -0.39 is 11.9 Å². The molecule has 0 aliphatic heterocycles. The molecule has 0 saturated carbocycles. The van der Waals surface area contributed by atoms with Gasteiger partial charge in [-0.15, -0.1) is 0 Å². The Morgan fingerprint density at radius 2 is 1.76 bits per heavy atom. The van der Waals surface area contributed by atoms with Gasteiger partial charge < -0.3 is 14.6 Å². The van der Waals surface area contributed by atoms with Crippen LogP contribution in [0.2, 0.25) is 0 Å². The first-order chi connectivity index (χ1) is 11.8. The Hall–Kier alpha value is -2.37. The monoisotopic (exact) mass is 354 g/mol. The fourth-order valence-corrected chi connectivity index (χ4v) is 1.63. The van der Waals surface area contributed by atoms with Crippen LogP contribution in [0.4, 0.5) is 0 Å². The Morgan fingerprint density at radius 1 is 1.12 bits per heavy atom. The van der Waals surface area contributed by atoms with Crippen LogP contribution in [0.1, 0.15) is 46.5 Å². The second-order valence-corrected chi connectivity index (χ2v) is 5.17. The fraction of sp³-hybridized carbons (Fsp3) is 0.526. The molecule has 1 atom stereocenters. The van der Waals surface area contributed by atoms with Gasteiger partial charge in [0.15, 0.2) is 0 Å². The number of carboxylic acids is 1. The number of carboxylic acid groups (broad SMARTS) is 1. The van der Waals surface area contributed by atoms with Crippen molar-refractivity contribution in [3.63, 3.8) is 0 Å². The fourth-order valence-electron chi connectivity index (χ4n) is 1.63. The van der Waals surface area contributed by atoms with E-state index in [-0.39, 0.29) is 11.5 Å². The standard InChI is InChI=1S/C14H22O4.C5H8O2/c1-4-6-7-12(5-2)10-18-14(17)11(3)8-9-13(15)16;1-3-5(6)7-4-2/h8-9,12H,3-7,10H2,1-2H3,(H,15,16);3H,1,4H2,2H3. The van der Waals surface area contributed by atoms with Crippen LogP contribution in [0.15, 0.2) is 37.0 Å². The Kier molecular flexibility index (Phi) is 16.4. The summed E-state index contributed by atoms with van der Waals surface area (Å²) in [4.78, 5) is 31.8. The largest absolute Gasteiger partial charge is 0.478 e. The van der Waals surface area contributed by atoms with Crippen LogP contribution < -0.4 is 0 Å². The predicted molar refractivity (Wildman–Crippen MR) is 97.0 cm³/mol. The zero-order valence-corrected chi connectivity index (χ0v) is 15.5. The number of ether oxygens (including phenoxy) is 2. The first-order valence-electron chi connectivity index (χ1n) is 8.38. The van der Waals surface area contributed by atoms with Gasteiger partial charge in [0.1, 0.15) is 0 Å². The summed E-state index contributed by atoms with van der Waals surface area (Å²) >= 11 is 0. The highest BCUT2D eigenvalue weighted by atomic mass is 16.5. The molecule has 0 aliphatic carbocycles. The molecule has 6 heteroatoms. The molecule has 0 rings (SSSR count). The lowest BCUT2D eigenvalue weighted by atomic mass is 10.0. The molecule has 1 N–H and O–H groups in total. The van der Waals surface area contributed by atoms with Gasteiger partial charge >= 0.3 is 17.9 Å². The number of carbonyl (C=O) groups is 3. The minimum Gasteiger partial charge on any atom is -0.478 e. The van der Waals surface area contributed by atoms with Crippen molar-refractivity contribution >= 4 is 17.9 Å². The van der Waals surface area contributed by atoms with Gasteiger partial charge in [0.05, 0.1) is 18.8 Å². The summed E-state index contributed by atoms with van der Waals surface area (Å²) in [5.41, 5.74) is 0.0581. The van der Waals surface area contributed by atoms with Crippen molar-refractivity contribution in [3.05, 3.63) is 37.0 Å². The molecule has 0 aromatic carbocycles. The molecule has 0 amide bonds. The molecule has 0 aromatic rings. The van der Waals surface area contributed by atoms with E-state index in [2.05, 4.69) is 31.7 Å². The summed E-state index contributed by atoms with van der Waals surface area (Å²) in [5, 5.41) is 8.42. The quantitative estimate of drug-likeness (QED) is 0.346.